The van der Waals surface area contributed by atoms with E-state index in [-0.39, 0.29) is 0 Å². The fourth-order valence-electron chi connectivity index (χ4n) is 3.77. The van der Waals surface area contributed by atoms with E-state index in [4.69, 9.17) is 0 Å². The molecule has 0 fully saturated rings. The van der Waals surface area contributed by atoms with Gasteiger partial charge in [-0.1, -0.05) is 72.8 Å². The third-order valence-corrected chi connectivity index (χ3v) is 5.57. The highest BCUT2D eigenvalue weighted by molar-refractivity contribution is 5.83. The summed E-state index contributed by atoms with van der Waals surface area (Å²) in [6.07, 6.45) is 0. The molecule has 2 atom stereocenters. The van der Waals surface area contributed by atoms with Crippen molar-refractivity contribution in [2.24, 2.45) is 0 Å². The predicted molar refractivity (Wildman–Crippen MR) is 121 cm³/mol. The van der Waals surface area contributed by atoms with Gasteiger partial charge in [0.05, 0.1) is 0 Å². The van der Waals surface area contributed by atoms with Crippen LogP contribution < -0.4 is 10.6 Å². The van der Waals surface area contributed by atoms with Gasteiger partial charge >= 0.3 is 0 Å². The first-order valence-corrected chi connectivity index (χ1v) is 10.1. The first-order valence-electron chi connectivity index (χ1n) is 10.1. The van der Waals surface area contributed by atoms with E-state index in [2.05, 4.69) is 109 Å². The molecule has 2 nitrogen and oxygen atoms in total. The lowest BCUT2D eigenvalue weighted by atomic mass is 10.0. The van der Waals surface area contributed by atoms with Crippen LogP contribution in [0, 0.1) is 0 Å². The van der Waals surface area contributed by atoms with Gasteiger partial charge < -0.3 is 10.6 Å². The smallest absolute Gasteiger partial charge is 0.0292 e. The van der Waals surface area contributed by atoms with Crippen molar-refractivity contribution >= 4 is 21.5 Å². The predicted octanol–water partition coefficient (Wildman–Crippen LogP) is 5.99. The van der Waals surface area contributed by atoms with Crippen LogP contribution in [0.3, 0.4) is 0 Å². The van der Waals surface area contributed by atoms with Crippen molar-refractivity contribution in [3.05, 3.63) is 96.1 Å². The lowest BCUT2D eigenvalue weighted by Crippen LogP contribution is -2.30. The highest BCUT2D eigenvalue weighted by atomic mass is 15.0. The number of hydrogen-bond acceptors (Lipinski definition) is 2. The summed E-state index contributed by atoms with van der Waals surface area (Å²) in [5, 5.41) is 12.5. The van der Waals surface area contributed by atoms with Crippen LogP contribution in [0.1, 0.15) is 37.1 Å². The van der Waals surface area contributed by atoms with E-state index in [0.29, 0.717) is 12.1 Å². The SMILES string of the molecule is C[C@H](NCCN[C@@H](C)c1ccc2ccccc2c1)c1ccc2ccccc2c1. The zero-order valence-electron chi connectivity index (χ0n) is 16.7. The van der Waals surface area contributed by atoms with E-state index in [1.54, 1.807) is 0 Å². The van der Waals surface area contributed by atoms with Gasteiger partial charge in [-0.2, -0.15) is 0 Å². The van der Waals surface area contributed by atoms with Crippen molar-refractivity contribution in [2.45, 2.75) is 25.9 Å². The summed E-state index contributed by atoms with van der Waals surface area (Å²) in [6.45, 7) is 6.34. The maximum atomic E-state index is 3.64. The molecule has 4 rings (SSSR count). The first-order chi connectivity index (χ1) is 13.7. The Morgan fingerprint density at radius 2 is 0.929 bits per heavy atom. The van der Waals surface area contributed by atoms with Crippen LogP contribution in [-0.2, 0) is 0 Å². The van der Waals surface area contributed by atoms with Crippen molar-refractivity contribution in [3.63, 3.8) is 0 Å². The third kappa shape index (κ3) is 4.24. The van der Waals surface area contributed by atoms with Gasteiger partial charge in [-0.05, 0) is 58.7 Å². The van der Waals surface area contributed by atoms with Crippen LogP contribution >= 0.6 is 0 Å². The van der Waals surface area contributed by atoms with Gasteiger partial charge in [0, 0.05) is 25.2 Å². The Kier molecular flexibility index (Phi) is 5.70. The van der Waals surface area contributed by atoms with Gasteiger partial charge in [-0.3, -0.25) is 0 Å². The van der Waals surface area contributed by atoms with Crippen molar-refractivity contribution in [1.82, 2.24) is 10.6 Å². The topological polar surface area (TPSA) is 24.1 Å². The first kappa shape index (κ1) is 18.7. The van der Waals surface area contributed by atoms with Crippen LogP contribution in [0.4, 0.5) is 0 Å². The largest absolute Gasteiger partial charge is 0.309 e. The molecular weight excluding hydrogens is 340 g/mol. The molecule has 0 bridgehead atoms. The summed E-state index contributed by atoms with van der Waals surface area (Å²) in [5.74, 6) is 0. The summed E-state index contributed by atoms with van der Waals surface area (Å²) in [7, 11) is 0. The lowest BCUT2D eigenvalue weighted by molar-refractivity contribution is 0.512. The molecule has 4 aromatic rings. The second kappa shape index (κ2) is 8.55. The molecule has 0 aliphatic rings. The summed E-state index contributed by atoms with van der Waals surface area (Å²) >= 11 is 0. The number of benzene rings is 4. The molecule has 0 spiro atoms. The molecule has 0 heterocycles. The Hall–Kier alpha value is -2.68. The lowest BCUT2D eigenvalue weighted by Gasteiger charge is -2.18. The van der Waals surface area contributed by atoms with Gasteiger partial charge in [0.1, 0.15) is 0 Å². The van der Waals surface area contributed by atoms with Crippen molar-refractivity contribution in [3.8, 4) is 0 Å². The molecule has 28 heavy (non-hydrogen) atoms. The zero-order valence-corrected chi connectivity index (χ0v) is 16.7. The molecule has 142 valence electrons. The number of hydrogen-bond donors (Lipinski definition) is 2. The van der Waals surface area contributed by atoms with E-state index >= 15 is 0 Å². The van der Waals surface area contributed by atoms with Crippen molar-refractivity contribution in [2.75, 3.05) is 13.1 Å². The molecule has 0 amide bonds. The number of rotatable bonds is 7. The van der Waals surface area contributed by atoms with Crippen LogP contribution in [0.2, 0.25) is 0 Å². The van der Waals surface area contributed by atoms with Crippen LogP contribution in [0.25, 0.3) is 21.5 Å². The Balaban J connectivity index is 1.30. The maximum absolute atomic E-state index is 3.64. The minimum atomic E-state index is 0.336. The van der Waals surface area contributed by atoms with Crippen LogP contribution in [0.15, 0.2) is 84.9 Å². The zero-order chi connectivity index (χ0) is 19.3. The van der Waals surface area contributed by atoms with E-state index in [0.717, 1.165) is 13.1 Å². The quantitative estimate of drug-likeness (QED) is 0.391. The molecule has 0 unspecified atom stereocenters. The second-order valence-electron chi connectivity index (χ2n) is 7.56. The summed E-state index contributed by atoms with van der Waals surface area (Å²) in [5.41, 5.74) is 2.67. The summed E-state index contributed by atoms with van der Waals surface area (Å²) in [4.78, 5) is 0. The average molecular weight is 369 g/mol. The molecule has 0 aliphatic heterocycles. The fourth-order valence-corrected chi connectivity index (χ4v) is 3.77. The molecule has 2 heteroatoms. The minimum absolute atomic E-state index is 0.336. The van der Waals surface area contributed by atoms with E-state index in [9.17, 15) is 0 Å². The molecule has 2 N–H and O–H groups in total. The molecule has 0 saturated heterocycles. The second-order valence-corrected chi connectivity index (χ2v) is 7.56. The standard InChI is InChI=1S/C26H28N2/c1-19(23-13-11-21-7-3-5-9-25(21)17-23)27-15-16-28-20(2)24-14-12-22-8-4-6-10-26(22)18-24/h3-14,17-20,27-28H,15-16H2,1-2H3/t19-,20-/m0/s1. The molecule has 0 radical (unpaired) electrons. The monoisotopic (exact) mass is 368 g/mol. The van der Waals surface area contributed by atoms with Gasteiger partial charge in [0.25, 0.3) is 0 Å². The molecular formula is C26H28N2. The van der Waals surface area contributed by atoms with Gasteiger partial charge in [0.2, 0.25) is 0 Å². The van der Waals surface area contributed by atoms with Gasteiger partial charge in [-0.25, -0.2) is 0 Å². The normalized spacial score (nSPS) is 13.6. The average Bonchev–Trinajstić information content (AvgIpc) is 2.75. The molecule has 0 aromatic heterocycles. The van der Waals surface area contributed by atoms with Crippen molar-refractivity contribution < 1.29 is 0 Å². The van der Waals surface area contributed by atoms with Gasteiger partial charge in [0.15, 0.2) is 0 Å². The van der Waals surface area contributed by atoms with Gasteiger partial charge in [-0.15, -0.1) is 0 Å². The van der Waals surface area contributed by atoms with Crippen LogP contribution in [0.5, 0.6) is 0 Å². The van der Waals surface area contributed by atoms with Crippen LogP contribution in [-0.4, -0.2) is 13.1 Å². The van der Waals surface area contributed by atoms with Crippen molar-refractivity contribution in [1.29, 1.82) is 0 Å². The van der Waals surface area contributed by atoms with E-state index in [1.165, 1.54) is 32.7 Å². The number of nitrogens with one attached hydrogen (secondary N) is 2. The minimum Gasteiger partial charge on any atom is -0.309 e. The highest BCUT2D eigenvalue weighted by Crippen LogP contribution is 2.21. The molecule has 0 aliphatic carbocycles. The third-order valence-electron chi connectivity index (χ3n) is 5.57. The molecule has 4 aromatic carbocycles. The Morgan fingerprint density at radius 1 is 0.536 bits per heavy atom. The Labute approximate surface area is 167 Å². The van der Waals surface area contributed by atoms with E-state index < -0.39 is 0 Å². The summed E-state index contributed by atoms with van der Waals surface area (Å²) in [6, 6.07) is 31.2. The number of fused-ring (bicyclic) bond motifs is 2. The van der Waals surface area contributed by atoms with E-state index in [1.807, 2.05) is 0 Å². The highest BCUT2D eigenvalue weighted by Gasteiger charge is 2.08. The Morgan fingerprint density at radius 3 is 1.36 bits per heavy atom. The fraction of sp³-hybridized carbons (Fsp3) is 0.231. The summed E-state index contributed by atoms with van der Waals surface area (Å²) < 4.78 is 0. The Bertz CT molecular complexity index is 983. The molecule has 0 saturated carbocycles. The maximum Gasteiger partial charge on any atom is 0.0292 e.